The quantitative estimate of drug-likeness (QED) is 0.209. The summed E-state index contributed by atoms with van der Waals surface area (Å²) in [6.07, 6.45) is 2.78. The number of nitrogens with one attached hydrogen (secondary N) is 2. The van der Waals surface area contributed by atoms with Gasteiger partial charge in [-0.05, 0) is 58.2 Å². The van der Waals surface area contributed by atoms with Gasteiger partial charge in [0.2, 0.25) is 0 Å². The Morgan fingerprint density at radius 3 is 2.68 bits per heavy atom. The first-order valence-corrected chi connectivity index (χ1v) is 10.2. The number of halogens is 1. The first kappa shape index (κ1) is 25.0. The van der Waals surface area contributed by atoms with Crippen molar-refractivity contribution in [2.75, 3.05) is 39.3 Å². The van der Waals surface area contributed by atoms with Gasteiger partial charge in [0.05, 0.1) is 12.6 Å². The van der Waals surface area contributed by atoms with Crippen LogP contribution in [0, 0.1) is 6.92 Å². The van der Waals surface area contributed by atoms with Gasteiger partial charge in [-0.3, -0.25) is 0 Å². The van der Waals surface area contributed by atoms with Gasteiger partial charge in [0.15, 0.2) is 5.96 Å². The van der Waals surface area contributed by atoms with Crippen molar-refractivity contribution in [3.8, 4) is 5.75 Å². The monoisotopic (exact) mass is 504 g/mol. The summed E-state index contributed by atoms with van der Waals surface area (Å²) >= 11 is 0. The molecule has 6 nitrogen and oxygen atoms in total. The van der Waals surface area contributed by atoms with E-state index in [1.165, 1.54) is 0 Å². The molecular weight excluding hydrogens is 467 g/mol. The average Bonchev–Trinajstić information content (AvgIpc) is 2.66. The van der Waals surface area contributed by atoms with Gasteiger partial charge in [-0.2, -0.15) is 0 Å². The molecule has 0 aromatic heterocycles. The maximum Gasteiger partial charge on any atom is 0.191 e. The van der Waals surface area contributed by atoms with Crippen LogP contribution in [0.15, 0.2) is 29.3 Å². The predicted octanol–water partition coefficient (Wildman–Crippen LogP) is 2.78. The number of likely N-dealkylation sites (tertiary alicyclic amines) is 1. The van der Waals surface area contributed by atoms with Gasteiger partial charge in [-0.25, -0.2) is 4.99 Å². The number of ether oxygens (including phenoxy) is 1. The molecule has 0 bridgehead atoms. The molecule has 1 unspecified atom stereocenters. The van der Waals surface area contributed by atoms with Gasteiger partial charge in [0.1, 0.15) is 11.9 Å². The van der Waals surface area contributed by atoms with Crippen molar-refractivity contribution in [1.82, 2.24) is 15.5 Å². The van der Waals surface area contributed by atoms with E-state index in [4.69, 9.17) is 4.74 Å². The minimum Gasteiger partial charge on any atom is -0.489 e. The van der Waals surface area contributed by atoms with Gasteiger partial charge >= 0.3 is 0 Å². The molecule has 1 atom stereocenters. The molecule has 0 aliphatic carbocycles. The highest BCUT2D eigenvalue weighted by Crippen LogP contribution is 2.17. The van der Waals surface area contributed by atoms with Crippen LogP contribution in [0.25, 0.3) is 0 Å². The fourth-order valence-electron chi connectivity index (χ4n) is 3.16. The summed E-state index contributed by atoms with van der Waals surface area (Å²) in [6.45, 7) is 11.6. The lowest BCUT2D eigenvalue weighted by Crippen LogP contribution is -2.40. The zero-order valence-electron chi connectivity index (χ0n) is 17.5. The Kier molecular flexibility index (Phi) is 12.5. The third-order valence-corrected chi connectivity index (χ3v) is 4.77. The topological polar surface area (TPSA) is 69.1 Å². The zero-order chi connectivity index (χ0) is 19.5. The molecule has 0 spiro atoms. The number of aliphatic imine (C=N–C) groups is 1. The van der Waals surface area contributed by atoms with E-state index >= 15 is 0 Å². The molecule has 1 aromatic rings. The Labute approximate surface area is 187 Å². The Balaban J connectivity index is 0.00000392. The highest BCUT2D eigenvalue weighted by molar-refractivity contribution is 14.0. The van der Waals surface area contributed by atoms with Crippen LogP contribution in [0.3, 0.4) is 0 Å². The maximum absolute atomic E-state index is 9.57. The van der Waals surface area contributed by atoms with Crippen LogP contribution in [0.1, 0.15) is 38.7 Å². The molecular formula is C21H37IN4O2. The van der Waals surface area contributed by atoms with Crippen LogP contribution in [0.2, 0.25) is 0 Å². The average molecular weight is 504 g/mol. The van der Waals surface area contributed by atoms with E-state index in [-0.39, 0.29) is 36.2 Å². The summed E-state index contributed by atoms with van der Waals surface area (Å²) in [5.41, 5.74) is 1.14. The lowest BCUT2D eigenvalue weighted by atomic mass is 10.1. The SMILES string of the molecule is CCNC(=NCC(C)Oc1ccccc1C)NCCCN1CCC(O)CC1.I. The predicted molar refractivity (Wildman–Crippen MR) is 127 cm³/mol. The molecule has 1 aromatic carbocycles. The summed E-state index contributed by atoms with van der Waals surface area (Å²) in [6, 6.07) is 8.07. The molecule has 1 aliphatic rings. The number of piperidine rings is 1. The molecule has 3 N–H and O–H groups in total. The van der Waals surface area contributed by atoms with Crippen LogP contribution in [0.5, 0.6) is 5.75 Å². The second kappa shape index (κ2) is 14.0. The van der Waals surface area contributed by atoms with Crippen LogP contribution >= 0.6 is 24.0 Å². The normalized spacial score (nSPS) is 16.9. The van der Waals surface area contributed by atoms with Crippen molar-refractivity contribution < 1.29 is 9.84 Å². The third-order valence-electron chi connectivity index (χ3n) is 4.77. The second-order valence-electron chi connectivity index (χ2n) is 7.27. The van der Waals surface area contributed by atoms with Crippen LogP contribution in [-0.2, 0) is 0 Å². The molecule has 1 saturated heterocycles. The van der Waals surface area contributed by atoms with Gasteiger partial charge in [0.25, 0.3) is 0 Å². The third kappa shape index (κ3) is 9.43. The number of aryl methyl sites for hydroxylation is 1. The molecule has 7 heteroatoms. The van der Waals surface area contributed by atoms with Gasteiger partial charge in [-0.1, -0.05) is 18.2 Å². The van der Waals surface area contributed by atoms with Crippen LogP contribution in [0.4, 0.5) is 0 Å². The van der Waals surface area contributed by atoms with Crippen molar-refractivity contribution >= 4 is 29.9 Å². The number of hydrogen-bond acceptors (Lipinski definition) is 4. The molecule has 0 radical (unpaired) electrons. The number of benzene rings is 1. The molecule has 160 valence electrons. The summed E-state index contributed by atoms with van der Waals surface area (Å²) < 4.78 is 6.00. The van der Waals surface area contributed by atoms with Crippen LogP contribution in [-0.4, -0.2) is 67.4 Å². The van der Waals surface area contributed by atoms with E-state index in [1.807, 2.05) is 25.1 Å². The smallest absolute Gasteiger partial charge is 0.191 e. The second-order valence-corrected chi connectivity index (χ2v) is 7.27. The fourth-order valence-corrected chi connectivity index (χ4v) is 3.16. The summed E-state index contributed by atoms with van der Waals surface area (Å²) in [5, 5.41) is 16.3. The zero-order valence-corrected chi connectivity index (χ0v) is 19.8. The fraction of sp³-hybridized carbons (Fsp3) is 0.667. The van der Waals surface area contributed by atoms with Crippen molar-refractivity contribution in [3.63, 3.8) is 0 Å². The maximum atomic E-state index is 9.57. The molecule has 0 amide bonds. The largest absolute Gasteiger partial charge is 0.489 e. The van der Waals surface area contributed by atoms with Crippen LogP contribution < -0.4 is 15.4 Å². The minimum atomic E-state index is -0.101. The van der Waals surface area contributed by atoms with Crippen molar-refractivity contribution in [1.29, 1.82) is 0 Å². The Morgan fingerprint density at radius 1 is 1.29 bits per heavy atom. The molecule has 2 rings (SSSR count). The number of rotatable bonds is 9. The number of hydrogen-bond donors (Lipinski definition) is 3. The molecule has 1 fully saturated rings. The highest BCUT2D eigenvalue weighted by atomic mass is 127. The van der Waals surface area contributed by atoms with E-state index in [0.29, 0.717) is 6.54 Å². The van der Waals surface area contributed by atoms with E-state index in [0.717, 1.165) is 69.3 Å². The summed E-state index contributed by atoms with van der Waals surface area (Å²) in [5.74, 6) is 1.76. The van der Waals surface area contributed by atoms with E-state index in [9.17, 15) is 5.11 Å². The Bertz CT molecular complexity index is 577. The number of aliphatic hydroxyl groups is 1. The van der Waals surface area contributed by atoms with E-state index in [1.54, 1.807) is 0 Å². The Morgan fingerprint density at radius 2 is 2.00 bits per heavy atom. The molecule has 0 saturated carbocycles. The summed E-state index contributed by atoms with van der Waals surface area (Å²) in [4.78, 5) is 7.08. The number of guanidine groups is 1. The molecule has 1 aliphatic heterocycles. The molecule has 28 heavy (non-hydrogen) atoms. The lowest BCUT2D eigenvalue weighted by Gasteiger charge is -2.29. The van der Waals surface area contributed by atoms with E-state index < -0.39 is 0 Å². The Hall–Kier alpha value is -1.06. The first-order chi connectivity index (χ1) is 13.1. The van der Waals surface area contributed by atoms with Crippen molar-refractivity contribution in [2.24, 2.45) is 4.99 Å². The van der Waals surface area contributed by atoms with Gasteiger partial charge in [0, 0.05) is 26.2 Å². The highest BCUT2D eigenvalue weighted by Gasteiger charge is 2.16. The van der Waals surface area contributed by atoms with Gasteiger partial charge in [-0.15, -0.1) is 24.0 Å². The van der Waals surface area contributed by atoms with Crippen molar-refractivity contribution in [2.45, 2.75) is 52.2 Å². The number of para-hydroxylation sites is 1. The molecule has 1 heterocycles. The lowest BCUT2D eigenvalue weighted by molar-refractivity contribution is 0.0823. The summed E-state index contributed by atoms with van der Waals surface area (Å²) in [7, 11) is 0. The standard InChI is InChI=1S/C21H36N4O2.HI/c1-4-22-21(23-12-7-13-25-14-10-19(26)11-15-25)24-16-18(3)27-20-9-6-5-8-17(20)2;/h5-6,8-9,18-19,26H,4,7,10-16H2,1-3H3,(H2,22,23,24);1H. The number of aliphatic hydroxyl groups excluding tert-OH is 1. The first-order valence-electron chi connectivity index (χ1n) is 10.2. The van der Waals surface area contributed by atoms with Crippen molar-refractivity contribution in [3.05, 3.63) is 29.8 Å². The van der Waals surface area contributed by atoms with E-state index in [2.05, 4.69) is 40.4 Å². The van der Waals surface area contributed by atoms with Gasteiger partial charge < -0.3 is 25.4 Å². The minimum absolute atomic E-state index is 0. The number of nitrogens with zero attached hydrogens (tertiary/aromatic N) is 2.